The number of sulfonamides is 1. The average Bonchev–Trinajstić information content (AvgIpc) is 3.10. The molecule has 0 spiro atoms. The first-order valence-electron chi connectivity index (χ1n) is 8.47. The van der Waals surface area contributed by atoms with Gasteiger partial charge in [0.1, 0.15) is 6.33 Å². The van der Waals surface area contributed by atoms with Gasteiger partial charge >= 0.3 is 0 Å². The van der Waals surface area contributed by atoms with Gasteiger partial charge in [0.25, 0.3) is 0 Å². The van der Waals surface area contributed by atoms with E-state index in [1.165, 1.54) is 28.6 Å². The molecule has 132 valence electrons. The van der Waals surface area contributed by atoms with Crippen LogP contribution in [0.25, 0.3) is 0 Å². The summed E-state index contributed by atoms with van der Waals surface area (Å²) < 4.78 is 29.8. The van der Waals surface area contributed by atoms with E-state index in [1.54, 1.807) is 6.33 Å². The third-order valence-corrected chi connectivity index (χ3v) is 6.37. The van der Waals surface area contributed by atoms with E-state index >= 15 is 0 Å². The Bertz CT molecular complexity index is 867. The molecule has 1 aromatic heterocycles. The van der Waals surface area contributed by atoms with Gasteiger partial charge in [0.2, 0.25) is 10.0 Å². The maximum absolute atomic E-state index is 13.1. The Balaban J connectivity index is 1.97. The molecule has 1 aliphatic rings. The van der Waals surface area contributed by atoms with Crippen molar-refractivity contribution in [1.82, 2.24) is 19.1 Å². The second-order valence-corrected chi connectivity index (χ2v) is 8.04. The number of hydrogen-bond donors (Lipinski definition) is 0. The van der Waals surface area contributed by atoms with Crippen molar-refractivity contribution < 1.29 is 8.42 Å². The number of rotatable bonds is 5. The van der Waals surface area contributed by atoms with Gasteiger partial charge in [-0.25, -0.2) is 8.42 Å². The van der Waals surface area contributed by atoms with Crippen molar-refractivity contribution in [3.05, 3.63) is 42.0 Å². The highest BCUT2D eigenvalue weighted by Gasteiger charge is 2.36. The van der Waals surface area contributed by atoms with Crippen molar-refractivity contribution in [3.8, 4) is 6.07 Å². The lowest BCUT2D eigenvalue weighted by molar-refractivity contribution is 0.240. The largest absolute Gasteiger partial charge is 0.316 e. The number of nitriles is 1. The molecular formula is C17H21N5O2S. The Hall–Kier alpha value is -2.24. The Labute approximate surface area is 148 Å². The van der Waals surface area contributed by atoms with Gasteiger partial charge in [0, 0.05) is 13.1 Å². The fourth-order valence-electron chi connectivity index (χ4n) is 3.22. The number of piperidine rings is 1. The standard InChI is InChI=1S/C17H21N5O2S/c1-2-10-21-13-19-20-17(21)16-5-3-4-11-22(16)25(23,24)15-8-6-14(12-18)7-9-15/h6-9,13,16H,2-5,10-11H2,1H3/t16-/m0/s1. The van der Waals surface area contributed by atoms with E-state index in [9.17, 15) is 8.42 Å². The Morgan fingerprint density at radius 2 is 2.04 bits per heavy atom. The minimum Gasteiger partial charge on any atom is -0.316 e. The Morgan fingerprint density at radius 3 is 2.72 bits per heavy atom. The first-order valence-corrected chi connectivity index (χ1v) is 9.91. The summed E-state index contributed by atoms with van der Waals surface area (Å²) in [7, 11) is -3.65. The van der Waals surface area contributed by atoms with Gasteiger partial charge in [-0.05, 0) is 43.5 Å². The van der Waals surface area contributed by atoms with Crippen molar-refractivity contribution in [2.24, 2.45) is 0 Å². The van der Waals surface area contributed by atoms with E-state index in [0.29, 0.717) is 17.9 Å². The number of aromatic nitrogens is 3. The van der Waals surface area contributed by atoms with E-state index < -0.39 is 10.0 Å². The maximum atomic E-state index is 13.1. The highest BCUT2D eigenvalue weighted by Crippen LogP contribution is 2.34. The fraction of sp³-hybridized carbons (Fsp3) is 0.471. The molecule has 1 aliphatic heterocycles. The Morgan fingerprint density at radius 1 is 1.28 bits per heavy atom. The van der Waals surface area contributed by atoms with Crippen LogP contribution in [-0.2, 0) is 16.6 Å². The molecule has 0 N–H and O–H groups in total. The average molecular weight is 359 g/mol. The topological polar surface area (TPSA) is 91.9 Å². The zero-order chi connectivity index (χ0) is 17.9. The van der Waals surface area contributed by atoms with E-state index in [4.69, 9.17) is 5.26 Å². The predicted molar refractivity (Wildman–Crippen MR) is 92.0 cm³/mol. The molecule has 0 saturated carbocycles. The van der Waals surface area contributed by atoms with E-state index in [-0.39, 0.29) is 10.9 Å². The number of aryl methyl sites for hydroxylation is 1. The number of benzene rings is 1. The molecular weight excluding hydrogens is 338 g/mol. The van der Waals surface area contributed by atoms with Gasteiger partial charge in [-0.15, -0.1) is 10.2 Å². The smallest absolute Gasteiger partial charge is 0.243 e. The second kappa shape index (κ2) is 7.33. The van der Waals surface area contributed by atoms with Crippen LogP contribution in [0.5, 0.6) is 0 Å². The van der Waals surface area contributed by atoms with Gasteiger partial charge in [-0.3, -0.25) is 0 Å². The third-order valence-electron chi connectivity index (χ3n) is 4.45. The van der Waals surface area contributed by atoms with Crippen molar-refractivity contribution in [2.75, 3.05) is 6.54 Å². The summed E-state index contributed by atoms with van der Waals surface area (Å²) in [6.45, 7) is 3.30. The maximum Gasteiger partial charge on any atom is 0.243 e. The van der Waals surface area contributed by atoms with Gasteiger partial charge in [-0.2, -0.15) is 9.57 Å². The summed E-state index contributed by atoms with van der Waals surface area (Å²) in [5.41, 5.74) is 0.442. The lowest BCUT2D eigenvalue weighted by atomic mass is 10.0. The van der Waals surface area contributed by atoms with Crippen molar-refractivity contribution in [2.45, 2.75) is 50.1 Å². The second-order valence-electron chi connectivity index (χ2n) is 6.15. The first kappa shape index (κ1) is 17.6. The van der Waals surface area contributed by atoms with Crippen molar-refractivity contribution in [3.63, 3.8) is 0 Å². The molecule has 2 aromatic rings. The van der Waals surface area contributed by atoms with Gasteiger partial charge in [0.15, 0.2) is 5.82 Å². The minimum absolute atomic E-state index is 0.208. The summed E-state index contributed by atoms with van der Waals surface area (Å²) in [5, 5.41) is 17.1. The summed E-state index contributed by atoms with van der Waals surface area (Å²) in [5.74, 6) is 0.707. The molecule has 0 amide bonds. The molecule has 0 radical (unpaired) electrons. The van der Waals surface area contributed by atoms with Gasteiger partial charge < -0.3 is 4.57 Å². The predicted octanol–water partition coefficient (Wildman–Crippen LogP) is 2.48. The van der Waals surface area contributed by atoms with Crippen LogP contribution >= 0.6 is 0 Å². The summed E-state index contributed by atoms with van der Waals surface area (Å²) in [4.78, 5) is 0.208. The molecule has 2 heterocycles. The minimum atomic E-state index is -3.65. The van der Waals surface area contributed by atoms with Gasteiger partial charge in [-0.1, -0.05) is 13.3 Å². The van der Waals surface area contributed by atoms with Crippen molar-refractivity contribution >= 4 is 10.0 Å². The lowest BCUT2D eigenvalue weighted by Gasteiger charge is -2.34. The Kier molecular flexibility index (Phi) is 5.16. The molecule has 25 heavy (non-hydrogen) atoms. The van der Waals surface area contributed by atoms with Crippen LogP contribution in [-0.4, -0.2) is 34.0 Å². The first-order chi connectivity index (χ1) is 12.1. The van der Waals surface area contributed by atoms with Crippen molar-refractivity contribution in [1.29, 1.82) is 5.26 Å². The molecule has 1 aromatic carbocycles. The van der Waals surface area contributed by atoms with Crippen LogP contribution in [0, 0.1) is 11.3 Å². The van der Waals surface area contributed by atoms with E-state index in [0.717, 1.165) is 32.2 Å². The molecule has 1 fully saturated rings. The normalized spacial score (nSPS) is 18.8. The molecule has 1 atom stereocenters. The van der Waals surface area contributed by atoms with Crippen LogP contribution in [0.2, 0.25) is 0 Å². The van der Waals surface area contributed by atoms with Crippen LogP contribution < -0.4 is 0 Å². The summed E-state index contributed by atoms with van der Waals surface area (Å²) >= 11 is 0. The van der Waals surface area contributed by atoms with E-state index in [2.05, 4.69) is 17.1 Å². The van der Waals surface area contributed by atoms with E-state index in [1.807, 2.05) is 10.6 Å². The molecule has 7 nitrogen and oxygen atoms in total. The lowest BCUT2D eigenvalue weighted by Crippen LogP contribution is -2.39. The quantitative estimate of drug-likeness (QED) is 0.818. The van der Waals surface area contributed by atoms with Crippen LogP contribution in [0.4, 0.5) is 0 Å². The molecule has 8 heteroatoms. The number of nitrogens with zero attached hydrogens (tertiary/aromatic N) is 5. The molecule has 3 rings (SSSR count). The molecule has 0 bridgehead atoms. The molecule has 1 saturated heterocycles. The van der Waals surface area contributed by atoms with Crippen LogP contribution in [0.15, 0.2) is 35.5 Å². The third kappa shape index (κ3) is 3.43. The molecule has 0 aliphatic carbocycles. The summed E-state index contributed by atoms with van der Waals surface area (Å²) in [6.07, 6.45) is 5.12. The van der Waals surface area contributed by atoms with Crippen LogP contribution in [0.1, 0.15) is 50.0 Å². The fourth-order valence-corrected chi connectivity index (χ4v) is 4.88. The van der Waals surface area contributed by atoms with Gasteiger partial charge in [0.05, 0.1) is 22.6 Å². The SMILES string of the molecule is CCCn1cnnc1[C@@H]1CCCCN1S(=O)(=O)c1ccc(C#N)cc1. The zero-order valence-corrected chi connectivity index (χ0v) is 15.0. The highest BCUT2D eigenvalue weighted by molar-refractivity contribution is 7.89. The zero-order valence-electron chi connectivity index (χ0n) is 14.2. The highest BCUT2D eigenvalue weighted by atomic mass is 32.2. The summed E-state index contributed by atoms with van der Waals surface area (Å²) in [6, 6.07) is 7.76. The molecule has 0 unspecified atom stereocenters. The van der Waals surface area contributed by atoms with Crippen LogP contribution in [0.3, 0.4) is 0 Å². The monoisotopic (exact) mass is 359 g/mol. The number of hydrogen-bond acceptors (Lipinski definition) is 5.